The molecule has 0 radical (unpaired) electrons. The molecule has 7 nitrogen and oxygen atoms in total. The van der Waals surface area contributed by atoms with E-state index in [0.717, 1.165) is 6.92 Å². The number of aryl methyl sites for hydroxylation is 1. The van der Waals surface area contributed by atoms with Gasteiger partial charge in [0.2, 0.25) is 11.8 Å². The lowest BCUT2D eigenvalue weighted by atomic mass is 9.96. The smallest absolute Gasteiger partial charge is 0.408 e. The van der Waals surface area contributed by atoms with E-state index in [1.807, 2.05) is 6.08 Å². The van der Waals surface area contributed by atoms with Crippen molar-refractivity contribution in [2.75, 3.05) is 24.3 Å². The average Bonchev–Trinajstić information content (AvgIpc) is 2.98. The van der Waals surface area contributed by atoms with Crippen LogP contribution in [0, 0.1) is 5.53 Å². The lowest BCUT2D eigenvalue weighted by Crippen LogP contribution is -2.34. The van der Waals surface area contributed by atoms with Crippen LogP contribution in [0.3, 0.4) is 0 Å². The molecule has 3 N–H and O–H groups in total. The molecule has 33 heavy (non-hydrogen) atoms. The van der Waals surface area contributed by atoms with Crippen LogP contribution in [0.5, 0.6) is 5.88 Å². The fourth-order valence-corrected chi connectivity index (χ4v) is 3.43. The molecule has 0 amide bonds. The highest BCUT2D eigenvalue weighted by Crippen LogP contribution is 2.39. The van der Waals surface area contributed by atoms with Crippen LogP contribution in [0.1, 0.15) is 36.6 Å². The van der Waals surface area contributed by atoms with E-state index in [1.54, 1.807) is 12.1 Å². The first kappa shape index (κ1) is 24.3. The third kappa shape index (κ3) is 5.74. The SMILES string of the molecule is COc1nc(N[C@H](C)C(F)(F)F)nc2c1C(c1ccc(N=N)c(NCC(F)F)c1)=CCCC2. The summed E-state index contributed by atoms with van der Waals surface area (Å²) < 4.78 is 69.8. The first-order valence-electron chi connectivity index (χ1n) is 10.2. The summed E-state index contributed by atoms with van der Waals surface area (Å²) in [6, 6.07) is 2.94. The molecule has 1 aromatic carbocycles. The molecular weight excluding hydrogens is 447 g/mol. The summed E-state index contributed by atoms with van der Waals surface area (Å²) in [7, 11) is 1.36. The minimum Gasteiger partial charge on any atom is -0.480 e. The molecule has 0 spiro atoms. The van der Waals surface area contributed by atoms with Crippen molar-refractivity contribution in [3.05, 3.63) is 41.1 Å². The number of alkyl halides is 5. The van der Waals surface area contributed by atoms with Crippen LogP contribution in [0.25, 0.3) is 5.57 Å². The zero-order valence-corrected chi connectivity index (χ0v) is 17.9. The molecule has 2 aromatic rings. The molecule has 0 aliphatic heterocycles. The van der Waals surface area contributed by atoms with Gasteiger partial charge in [-0.05, 0) is 49.5 Å². The van der Waals surface area contributed by atoms with Gasteiger partial charge < -0.3 is 15.4 Å². The van der Waals surface area contributed by atoms with Crippen molar-refractivity contribution >= 4 is 22.9 Å². The Hall–Kier alpha value is -3.31. The highest BCUT2D eigenvalue weighted by molar-refractivity contribution is 5.86. The second kappa shape index (κ2) is 10.1. The van der Waals surface area contributed by atoms with Crippen LogP contribution in [-0.4, -0.2) is 42.3 Å². The minimum atomic E-state index is -4.47. The third-order valence-electron chi connectivity index (χ3n) is 5.09. The number of methoxy groups -OCH3 is 1. The Labute approximate surface area is 187 Å². The molecule has 178 valence electrons. The Kier molecular flexibility index (Phi) is 7.44. The molecule has 0 fully saturated rings. The molecule has 12 heteroatoms. The van der Waals surface area contributed by atoms with Gasteiger partial charge in [-0.3, -0.25) is 0 Å². The number of rotatable bonds is 8. The topological polar surface area (TPSA) is 95.3 Å². The molecule has 1 atom stereocenters. The van der Waals surface area contributed by atoms with Crippen molar-refractivity contribution in [1.29, 1.82) is 5.53 Å². The Morgan fingerprint density at radius 3 is 2.64 bits per heavy atom. The number of nitrogens with one attached hydrogen (secondary N) is 3. The number of nitrogens with zero attached hydrogens (tertiary/aromatic N) is 3. The molecule has 1 aliphatic rings. The summed E-state index contributed by atoms with van der Waals surface area (Å²) >= 11 is 0. The van der Waals surface area contributed by atoms with Gasteiger partial charge in [-0.1, -0.05) is 12.1 Å². The maximum atomic E-state index is 13.0. The van der Waals surface area contributed by atoms with Gasteiger partial charge in [0.25, 0.3) is 6.43 Å². The van der Waals surface area contributed by atoms with E-state index in [-0.39, 0.29) is 23.2 Å². The van der Waals surface area contributed by atoms with Crippen LogP contribution < -0.4 is 15.4 Å². The number of aromatic nitrogens is 2. The van der Waals surface area contributed by atoms with Crippen molar-refractivity contribution in [2.45, 2.75) is 44.8 Å². The predicted molar refractivity (Wildman–Crippen MR) is 113 cm³/mol. The van der Waals surface area contributed by atoms with Gasteiger partial charge in [0, 0.05) is 0 Å². The van der Waals surface area contributed by atoms with Crippen molar-refractivity contribution in [1.82, 2.24) is 9.97 Å². The Bertz CT molecular complexity index is 1040. The van der Waals surface area contributed by atoms with Crippen LogP contribution in [-0.2, 0) is 6.42 Å². The van der Waals surface area contributed by atoms with E-state index in [2.05, 4.69) is 25.7 Å². The molecule has 1 aliphatic carbocycles. The molecule has 3 rings (SSSR count). The van der Waals surface area contributed by atoms with Gasteiger partial charge in [-0.25, -0.2) is 19.3 Å². The van der Waals surface area contributed by atoms with Crippen LogP contribution in [0.2, 0.25) is 0 Å². The van der Waals surface area contributed by atoms with Crippen molar-refractivity contribution in [3.8, 4) is 5.88 Å². The number of ether oxygens (including phenoxy) is 1. The van der Waals surface area contributed by atoms with Crippen molar-refractivity contribution in [3.63, 3.8) is 0 Å². The van der Waals surface area contributed by atoms with Crippen LogP contribution in [0.15, 0.2) is 29.4 Å². The molecule has 0 saturated heterocycles. The summed E-state index contributed by atoms with van der Waals surface area (Å²) in [5.74, 6) is -0.0966. The highest BCUT2D eigenvalue weighted by Gasteiger charge is 2.37. The molecule has 0 saturated carbocycles. The average molecular weight is 470 g/mol. The number of allylic oxidation sites excluding steroid dienone is 1. The van der Waals surface area contributed by atoms with Gasteiger partial charge in [-0.2, -0.15) is 23.3 Å². The van der Waals surface area contributed by atoms with Crippen molar-refractivity contribution < 1.29 is 26.7 Å². The lowest BCUT2D eigenvalue weighted by Gasteiger charge is -2.20. The zero-order valence-electron chi connectivity index (χ0n) is 17.9. The minimum absolute atomic E-state index is 0.0985. The second-order valence-electron chi connectivity index (χ2n) is 7.41. The van der Waals surface area contributed by atoms with E-state index in [4.69, 9.17) is 10.3 Å². The third-order valence-corrected chi connectivity index (χ3v) is 5.09. The van der Waals surface area contributed by atoms with Gasteiger partial charge in [-0.15, -0.1) is 0 Å². The normalized spacial score (nSPS) is 14.7. The first-order valence-corrected chi connectivity index (χ1v) is 10.2. The van der Waals surface area contributed by atoms with E-state index in [0.29, 0.717) is 41.7 Å². The summed E-state index contributed by atoms with van der Waals surface area (Å²) in [6.07, 6.45) is -3.31. The number of benzene rings is 1. The van der Waals surface area contributed by atoms with E-state index < -0.39 is 25.2 Å². The second-order valence-corrected chi connectivity index (χ2v) is 7.41. The highest BCUT2D eigenvalue weighted by atomic mass is 19.4. The number of halogens is 5. The van der Waals surface area contributed by atoms with Gasteiger partial charge in [0.1, 0.15) is 11.7 Å². The van der Waals surface area contributed by atoms with Crippen LogP contribution >= 0.6 is 0 Å². The fourth-order valence-electron chi connectivity index (χ4n) is 3.43. The predicted octanol–water partition coefficient (Wildman–Crippen LogP) is 5.96. The van der Waals surface area contributed by atoms with Gasteiger partial charge >= 0.3 is 6.18 Å². The standard InChI is InChI=1S/C21H23F5N6O/c1-11(21(24,25)26)29-20-30-15-6-4-3-5-13(18(15)19(31-20)33-2)12-7-8-14(32-27)16(9-12)28-10-17(22)23/h5,7-9,11,17,27-28H,3-4,6,10H2,1-2H3,(H,29,30,31)/t11-/m1/s1. The van der Waals surface area contributed by atoms with E-state index in [9.17, 15) is 22.0 Å². The number of hydrogen-bond donors (Lipinski definition) is 3. The first-order chi connectivity index (χ1) is 15.6. The van der Waals surface area contributed by atoms with Gasteiger partial charge in [0.05, 0.1) is 30.6 Å². The number of hydrogen-bond acceptors (Lipinski definition) is 7. The van der Waals surface area contributed by atoms with Crippen molar-refractivity contribution in [2.24, 2.45) is 5.11 Å². The Morgan fingerprint density at radius 2 is 2.00 bits per heavy atom. The summed E-state index contributed by atoms with van der Waals surface area (Å²) in [5.41, 5.74) is 10.0. The fraction of sp³-hybridized carbons (Fsp3) is 0.429. The lowest BCUT2D eigenvalue weighted by molar-refractivity contribution is -0.138. The van der Waals surface area contributed by atoms with E-state index >= 15 is 0 Å². The summed E-state index contributed by atoms with van der Waals surface area (Å²) in [4.78, 5) is 8.46. The maximum Gasteiger partial charge on any atom is 0.408 e. The quantitative estimate of drug-likeness (QED) is 0.327. The zero-order chi connectivity index (χ0) is 24.2. The Morgan fingerprint density at radius 1 is 1.24 bits per heavy atom. The number of anilines is 2. The summed E-state index contributed by atoms with van der Waals surface area (Å²) in [5, 5.41) is 8.22. The molecular formula is C21H23F5N6O. The largest absolute Gasteiger partial charge is 0.480 e. The van der Waals surface area contributed by atoms with Crippen LogP contribution in [0.4, 0.5) is 39.3 Å². The molecule has 0 bridgehead atoms. The molecule has 1 aromatic heterocycles. The number of fused-ring (bicyclic) bond motifs is 1. The Balaban J connectivity index is 2.05. The monoisotopic (exact) mass is 470 g/mol. The molecule has 1 heterocycles. The van der Waals surface area contributed by atoms with Gasteiger partial charge in [0.15, 0.2) is 0 Å². The summed E-state index contributed by atoms with van der Waals surface area (Å²) in [6.45, 7) is 0.361. The van der Waals surface area contributed by atoms with E-state index in [1.165, 1.54) is 13.2 Å². The maximum absolute atomic E-state index is 13.0. The molecule has 0 unspecified atom stereocenters.